The molecule has 0 heterocycles. The van der Waals surface area contributed by atoms with E-state index in [1.165, 1.54) is 75.3 Å². The molecule has 1 aliphatic rings. The van der Waals surface area contributed by atoms with Crippen LogP contribution in [0.3, 0.4) is 0 Å². The standard InChI is InChI=1S/C26H36/c1-3-5-21-7-11-23(12-8-21)19-25-15-17-26(18-16-25)20-24-13-9-22(6-4-2)10-14-24/h7-14,25-26H,3-6,15-20H2,1-2H3. The highest BCUT2D eigenvalue weighted by Crippen LogP contribution is 2.33. The van der Waals surface area contributed by atoms with Gasteiger partial charge < -0.3 is 0 Å². The number of benzene rings is 2. The van der Waals surface area contributed by atoms with E-state index in [4.69, 9.17) is 0 Å². The zero-order chi connectivity index (χ0) is 18.2. The highest BCUT2D eigenvalue weighted by atomic mass is 14.3. The van der Waals surface area contributed by atoms with Crippen molar-refractivity contribution in [3.05, 3.63) is 70.8 Å². The average Bonchev–Trinajstić information content (AvgIpc) is 2.67. The lowest BCUT2D eigenvalue weighted by atomic mass is 9.77. The van der Waals surface area contributed by atoms with Gasteiger partial charge in [0.1, 0.15) is 0 Å². The fraction of sp³-hybridized carbons (Fsp3) is 0.538. The van der Waals surface area contributed by atoms with Crippen molar-refractivity contribution < 1.29 is 0 Å². The van der Waals surface area contributed by atoms with Crippen LogP contribution in [0.15, 0.2) is 48.5 Å². The summed E-state index contributed by atoms with van der Waals surface area (Å²) < 4.78 is 0. The van der Waals surface area contributed by atoms with Crippen LogP contribution >= 0.6 is 0 Å². The highest BCUT2D eigenvalue weighted by molar-refractivity contribution is 5.24. The summed E-state index contributed by atoms with van der Waals surface area (Å²) in [4.78, 5) is 0. The van der Waals surface area contributed by atoms with Gasteiger partial charge in [0.15, 0.2) is 0 Å². The monoisotopic (exact) mass is 348 g/mol. The Morgan fingerprint density at radius 2 is 0.846 bits per heavy atom. The van der Waals surface area contributed by atoms with Crippen LogP contribution in [-0.4, -0.2) is 0 Å². The molecule has 1 fully saturated rings. The van der Waals surface area contributed by atoms with Gasteiger partial charge in [-0.1, -0.05) is 75.2 Å². The molecule has 1 saturated carbocycles. The minimum atomic E-state index is 0.898. The van der Waals surface area contributed by atoms with E-state index in [2.05, 4.69) is 62.4 Å². The second-order valence-corrected chi connectivity index (χ2v) is 8.43. The summed E-state index contributed by atoms with van der Waals surface area (Å²) in [6, 6.07) is 18.8. The molecule has 0 aliphatic heterocycles. The molecule has 0 aromatic heterocycles. The quantitative estimate of drug-likeness (QED) is 0.474. The van der Waals surface area contributed by atoms with E-state index in [9.17, 15) is 0 Å². The number of aryl methyl sites for hydroxylation is 2. The van der Waals surface area contributed by atoms with Crippen molar-refractivity contribution in [3.63, 3.8) is 0 Å². The van der Waals surface area contributed by atoms with Gasteiger partial charge in [0.2, 0.25) is 0 Å². The van der Waals surface area contributed by atoms with Gasteiger partial charge in [0.05, 0.1) is 0 Å². The molecule has 3 rings (SSSR count). The zero-order valence-electron chi connectivity index (χ0n) is 16.8. The molecule has 0 saturated heterocycles. The second-order valence-electron chi connectivity index (χ2n) is 8.43. The third-order valence-electron chi connectivity index (χ3n) is 6.14. The molecule has 1 aliphatic carbocycles. The van der Waals surface area contributed by atoms with Crippen molar-refractivity contribution in [1.82, 2.24) is 0 Å². The SMILES string of the molecule is CCCc1ccc(CC2CCC(Cc3ccc(CCC)cc3)CC2)cc1. The Bertz CT molecular complexity index is 567. The zero-order valence-corrected chi connectivity index (χ0v) is 16.8. The van der Waals surface area contributed by atoms with Gasteiger partial charge in [0, 0.05) is 0 Å². The predicted molar refractivity (Wildman–Crippen MR) is 114 cm³/mol. The lowest BCUT2D eigenvalue weighted by Gasteiger charge is -2.28. The summed E-state index contributed by atoms with van der Waals surface area (Å²) in [6.07, 6.45) is 13.1. The summed E-state index contributed by atoms with van der Waals surface area (Å²) in [6.45, 7) is 4.51. The first-order valence-electron chi connectivity index (χ1n) is 10.9. The van der Waals surface area contributed by atoms with Crippen molar-refractivity contribution in [2.75, 3.05) is 0 Å². The first kappa shape index (κ1) is 19.2. The Kier molecular flexibility index (Phi) is 7.35. The van der Waals surface area contributed by atoms with Crippen molar-refractivity contribution in [1.29, 1.82) is 0 Å². The van der Waals surface area contributed by atoms with E-state index in [1.54, 1.807) is 11.1 Å². The van der Waals surface area contributed by atoms with Gasteiger partial charge in [-0.05, 0) is 85.5 Å². The van der Waals surface area contributed by atoms with E-state index < -0.39 is 0 Å². The molecule has 26 heavy (non-hydrogen) atoms. The largest absolute Gasteiger partial charge is 0.0651 e. The molecule has 0 heteroatoms. The van der Waals surface area contributed by atoms with E-state index >= 15 is 0 Å². The minimum Gasteiger partial charge on any atom is -0.0651 e. The second kappa shape index (κ2) is 9.95. The lowest BCUT2D eigenvalue weighted by molar-refractivity contribution is 0.272. The molecule has 0 nitrogen and oxygen atoms in total. The average molecular weight is 349 g/mol. The Hall–Kier alpha value is -1.56. The number of rotatable bonds is 8. The number of hydrogen-bond donors (Lipinski definition) is 0. The summed E-state index contributed by atoms with van der Waals surface area (Å²) in [5.41, 5.74) is 6.06. The van der Waals surface area contributed by atoms with Crippen molar-refractivity contribution in [2.45, 2.75) is 78.1 Å². The van der Waals surface area contributed by atoms with Gasteiger partial charge in [0.25, 0.3) is 0 Å². The normalized spacial score (nSPS) is 20.2. The van der Waals surface area contributed by atoms with E-state index in [1.807, 2.05) is 0 Å². The Balaban J connectivity index is 1.43. The Labute approximate surface area is 161 Å². The van der Waals surface area contributed by atoms with Crippen LogP contribution in [0.1, 0.15) is 74.6 Å². The molecule has 2 aromatic carbocycles. The fourth-order valence-corrected chi connectivity index (χ4v) is 4.57. The molecular weight excluding hydrogens is 312 g/mol. The molecule has 0 spiro atoms. The van der Waals surface area contributed by atoms with Crippen LogP contribution < -0.4 is 0 Å². The maximum atomic E-state index is 2.37. The van der Waals surface area contributed by atoms with Gasteiger partial charge >= 0.3 is 0 Å². The van der Waals surface area contributed by atoms with Crippen molar-refractivity contribution in [3.8, 4) is 0 Å². The third kappa shape index (κ3) is 5.73. The van der Waals surface area contributed by atoms with Crippen LogP contribution in [0.2, 0.25) is 0 Å². The van der Waals surface area contributed by atoms with E-state index in [0.717, 1.165) is 11.8 Å². The summed E-state index contributed by atoms with van der Waals surface area (Å²) in [7, 11) is 0. The van der Waals surface area contributed by atoms with Gasteiger partial charge in [-0.2, -0.15) is 0 Å². The molecule has 2 aromatic rings. The summed E-state index contributed by atoms with van der Waals surface area (Å²) in [5.74, 6) is 1.80. The van der Waals surface area contributed by atoms with Gasteiger partial charge in [-0.15, -0.1) is 0 Å². The van der Waals surface area contributed by atoms with E-state index in [0.29, 0.717) is 0 Å². The first-order valence-corrected chi connectivity index (χ1v) is 10.9. The maximum absolute atomic E-state index is 2.37. The smallest absolute Gasteiger partial charge is 0.0250 e. The molecule has 140 valence electrons. The van der Waals surface area contributed by atoms with Crippen LogP contribution in [0.5, 0.6) is 0 Å². The fourth-order valence-electron chi connectivity index (χ4n) is 4.57. The molecule has 0 N–H and O–H groups in total. The lowest BCUT2D eigenvalue weighted by Crippen LogP contribution is -2.18. The molecule has 0 amide bonds. The van der Waals surface area contributed by atoms with Crippen molar-refractivity contribution in [2.24, 2.45) is 11.8 Å². The minimum absolute atomic E-state index is 0.898. The third-order valence-corrected chi connectivity index (χ3v) is 6.14. The molecule has 0 atom stereocenters. The Morgan fingerprint density at radius 3 is 1.15 bits per heavy atom. The summed E-state index contributed by atoms with van der Waals surface area (Å²) >= 11 is 0. The van der Waals surface area contributed by atoms with Gasteiger partial charge in [-0.25, -0.2) is 0 Å². The summed E-state index contributed by atoms with van der Waals surface area (Å²) in [5, 5.41) is 0. The maximum Gasteiger partial charge on any atom is -0.0250 e. The molecular formula is C26H36. The van der Waals surface area contributed by atoms with Crippen LogP contribution in [-0.2, 0) is 25.7 Å². The predicted octanol–water partition coefficient (Wildman–Crippen LogP) is 7.18. The highest BCUT2D eigenvalue weighted by Gasteiger charge is 2.21. The molecule has 0 unspecified atom stereocenters. The van der Waals surface area contributed by atoms with Gasteiger partial charge in [-0.3, -0.25) is 0 Å². The van der Waals surface area contributed by atoms with Crippen LogP contribution in [0.25, 0.3) is 0 Å². The van der Waals surface area contributed by atoms with Crippen molar-refractivity contribution >= 4 is 0 Å². The number of hydrogen-bond acceptors (Lipinski definition) is 0. The molecule has 0 radical (unpaired) electrons. The van der Waals surface area contributed by atoms with E-state index in [-0.39, 0.29) is 0 Å². The first-order chi connectivity index (χ1) is 12.8. The van der Waals surface area contributed by atoms with Crippen LogP contribution in [0, 0.1) is 11.8 Å². The topological polar surface area (TPSA) is 0 Å². The Morgan fingerprint density at radius 1 is 0.538 bits per heavy atom. The molecule has 0 bridgehead atoms. The van der Waals surface area contributed by atoms with Crippen LogP contribution in [0.4, 0.5) is 0 Å².